The van der Waals surface area contributed by atoms with Crippen molar-refractivity contribution in [2.75, 3.05) is 37.8 Å². The second-order valence-corrected chi connectivity index (χ2v) is 21.8. The molecule has 1 aliphatic rings. The molecule has 390 valence electrons. The van der Waals surface area contributed by atoms with Crippen LogP contribution >= 0.6 is 35.2 Å². The third-order valence-corrected chi connectivity index (χ3v) is 14.2. The number of hydrogen-bond donors (Lipinski definition) is 5. The van der Waals surface area contributed by atoms with Crippen molar-refractivity contribution in [1.82, 2.24) is 30.2 Å². The van der Waals surface area contributed by atoms with E-state index in [1.54, 1.807) is 0 Å². The Balaban J connectivity index is 1.29. The van der Waals surface area contributed by atoms with E-state index in [4.69, 9.17) is 10.5 Å². The van der Waals surface area contributed by atoms with Crippen molar-refractivity contribution in [3.05, 3.63) is 49.1 Å². The van der Waals surface area contributed by atoms with Crippen LogP contribution in [0.15, 0.2) is 49.1 Å². The van der Waals surface area contributed by atoms with E-state index in [2.05, 4.69) is 86.8 Å². The normalized spacial score (nSPS) is 20.2. The van der Waals surface area contributed by atoms with Gasteiger partial charge in [-0.15, -0.1) is 0 Å². The number of aromatic nitrogens is 4. The molecule has 0 aromatic carbocycles. The second-order valence-electron chi connectivity index (χ2n) is 16.5. The molecule has 2 aromatic rings. The fraction of sp³-hybridized carbons (Fsp3) is 0.659. The van der Waals surface area contributed by atoms with Gasteiger partial charge in [0.25, 0.3) is 15.6 Å². The number of nitrogens with one attached hydrogen (secondary N) is 2. The highest BCUT2D eigenvalue weighted by Gasteiger charge is 2.47. The van der Waals surface area contributed by atoms with Gasteiger partial charge >= 0.3 is 0 Å². The molecule has 24 nitrogen and oxygen atoms in total. The van der Waals surface area contributed by atoms with Crippen molar-refractivity contribution in [3.8, 4) is 0 Å². The van der Waals surface area contributed by atoms with E-state index < -0.39 is 84.6 Å². The van der Waals surface area contributed by atoms with Crippen molar-refractivity contribution in [1.29, 1.82) is 0 Å². The fourth-order valence-electron chi connectivity index (χ4n) is 6.52. The number of hydrogen-bond acceptors (Lipinski definition) is 22. The standard InChI is InChI=1S/C41H68N7O17P3S/c1-4-5-6-7-8-9-10-11-12-13-14-15-16-17-18-19-20-21-32(50)69-25-24-43-31(49)22-23-44-39(53)36(52)41(2,3)27-62-68(59,60)65-67(57,58)61-26-30-35(64-66(54,55)56)34(51)40(63-30)48-29-47-33-37(42)45-28-46-38(33)48/h8-9,11-12,14-15,28-30,34-36,40,51-52H,4-7,10,13,16-27H2,1-3H3,(H,43,49)(H,44,53)(H,57,58)(H,59,60)(H2,42,45,46)(H2,54,55,56)/p-4/b9-8+,12-11+,15-14+. The van der Waals surface area contributed by atoms with Crippen LogP contribution in [-0.2, 0) is 50.7 Å². The number of thioether (sulfide) groups is 1. The zero-order chi connectivity index (χ0) is 51.1. The van der Waals surface area contributed by atoms with E-state index in [9.17, 15) is 57.9 Å². The van der Waals surface area contributed by atoms with E-state index in [1.165, 1.54) is 33.1 Å². The predicted molar refractivity (Wildman–Crippen MR) is 247 cm³/mol. The molecule has 0 saturated carbocycles. The lowest BCUT2D eigenvalue weighted by molar-refractivity contribution is -0.347. The number of amides is 2. The maximum absolute atomic E-state index is 12.6. The number of imidazole rings is 1. The first-order valence-electron chi connectivity index (χ1n) is 22.5. The Kier molecular flexibility index (Phi) is 26.1. The first-order valence-corrected chi connectivity index (χ1v) is 27.8. The first kappa shape index (κ1) is 60.1. The molecule has 69 heavy (non-hydrogen) atoms. The third-order valence-electron chi connectivity index (χ3n) is 10.3. The van der Waals surface area contributed by atoms with Gasteiger partial charge in [-0.1, -0.05) is 94.7 Å². The van der Waals surface area contributed by atoms with Crippen molar-refractivity contribution in [2.45, 2.75) is 135 Å². The zero-order valence-corrected chi connectivity index (χ0v) is 42.4. The largest absolute Gasteiger partial charge is 0.790 e. The summed E-state index contributed by atoms with van der Waals surface area (Å²) in [6, 6.07) is 0. The number of phosphoric acid groups is 3. The maximum Gasteiger partial charge on any atom is 0.274 e. The number of fused-ring (bicyclic) bond motifs is 1. The molecule has 3 heterocycles. The summed E-state index contributed by atoms with van der Waals surface area (Å²) in [5.41, 5.74) is 4.09. The number of carbonyl (C=O) groups excluding carboxylic acids is 3. The molecule has 0 radical (unpaired) electrons. The van der Waals surface area contributed by atoms with Crippen molar-refractivity contribution >= 4 is 69.1 Å². The van der Waals surface area contributed by atoms with Crippen LogP contribution in [0.2, 0.25) is 0 Å². The number of nitrogens with two attached hydrogens (primary N) is 1. The van der Waals surface area contributed by atoms with Crippen LogP contribution < -0.4 is 35.9 Å². The molecular weight excluding hydrogens is 987 g/mol. The van der Waals surface area contributed by atoms with Crippen LogP contribution in [0.1, 0.15) is 110 Å². The lowest BCUT2D eigenvalue weighted by atomic mass is 9.87. The number of nitrogen functional groups attached to an aromatic ring is 1. The number of phosphoric ester groups is 3. The number of rotatable bonds is 34. The van der Waals surface area contributed by atoms with Crippen molar-refractivity contribution < 1.29 is 80.5 Å². The summed E-state index contributed by atoms with van der Waals surface area (Å²) in [6.07, 6.45) is 17.7. The Morgan fingerprint density at radius 1 is 0.899 bits per heavy atom. The average molecular weight is 1050 g/mol. The van der Waals surface area contributed by atoms with Gasteiger partial charge in [0.05, 0.1) is 27.4 Å². The van der Waals surface area contributed by atoms with Crippen LogP contribution in [0.5, 0.6) is 0 Å². The molecule has 6 N–H and O–H groups in total. The van der Waals surface area contributed by atoms with Gasteiger partial charge in [-0.25, -0.2) is 19.3 Å². The molecule has 0 spiro atoms. The van der Waals surface area contributed by atoms with Gasteiger partial charge in [-0.3, -0.25) is 28.1 Å². The van der Waals surface area contributed by atoms with Crippen LogP contribution in [0, 0.1) is 5.41 Å². The van der Waals surface area contributed by atoms with E-state index in [0.29, 0.717) is 12.2 Å². The van der Waals surface area contributed by atoms with Crippen LogP contribution in [0.3, 0.4) is 0 Å². The molecule has 2 amide bonds. The molecule has 28 heteroatoms. The van der Waals surface area contributed by atoms with Gasteiger partial charge in [0.1, 0.15) is 36.3 Å². The number of aliphatic hydroxyl groups excluding tert-OH is 2. The number of allylic oxidation sites excluding steroid dienone is 6. The second kappa shape index (κ2) is 30.0. The van der Waals surface area contributed by atoms with Crippen LogP contribution in [0.4, 0.5) is 5.82 Å². The number of carbonyl (C=O) groups is 3. The number of anilines is 1. The lowest BCUT2D eigenvalue weighted by Crippen LogP contribution is -2.46. The number of aliphatic hydroxyl groups is 2. The Hall–Kier alpha value is -3.22. The predicted octanol–water partition coefficient (Wildman–Crippen LogP) is 2.51. The molecule has 7 unspecified atom stereocenters. The minimum Gasteiger partial charge on any atom is -0.790 e. The number of ether oxygens (including phenoxy) is 1. The zero-order valence-electron chi connectivity index (χ0n) is 38.9. The molecule has 0 aliphatic carbocycles. The molecule has 1 fully saturated rings. The Bertz CT molecular complexity index is 2170. The van der Waals surface area contributed by atoms with Crippen LogP contribution in [0.25, 0.3) is 11.2 Å². The molecule has 0 bridgehead atoms. The topological polar surface area (TPSA) is 375 Å². The third kappa shape index (κ3) is 22.8. The number of nitrogens with zero attached hydrogens (tertiary/aromatic N) is 4. The van der Waals surface area contributed by atoms with E-state index >= 15 is 0 Å². The Morgan fingerprint density at radius 2 is 1.54 bits per heavy atom. The van der Waals surface area contributed by atoms with Crippen molar-refractivity contribution in [3.63, 3.8) is 0 Å². The summed E-state index contributed by atoms with van der Waals surface area (Å²) in [7, 11) is -17.6. The number of unbranched alkanes of at least 4 members (excludes halogenated alkanes) is 7. The first-order chi connectivity index (χ1) is 32.6. The summed E-state index contributed by atoms with van der Waals surface area (Å²) >= 11 is 1.13. The average Bonchev–Trinajstić information content (AvgIpc) is 3.84. The van der Waals surface area contributed by atoms with Gasteiger partial charge in [-0.05, 0) is 44.9 Å². The molecule has 1 saturated heterocycles. The van der Waals surface area contributed by atoms with Gasteiger partial charge in [0.15, 0.2) is 22.8 Å². The maximum atomic E-state index is 12.6. The SMILES string of the molecule is CCCCC/C=C/C/C=C/C/C=C/CCCCCCC(=O)SCCNC(=O)CCNC(=O)C(O)C(C)(C)COP(=O)([O-])OP(=O)([O-])OCC1OC(n2cnc3c(N)ncnc32)C(O)C1OP(=O)([O-])[O-]. The summed E-state index contributed by atoms with van der Waals surface area (Å²) in [5.74, 6) is -1.16. The van der Waals surface area contributed by atoms with Gasteiger partial charge < -0.3 is 69.0 Å². The highest BCUT2D eigenvalue weighted by Crippen LogP contribution is 2.56. The lowest BCUT2D eigenvalue weighted by Gasteiger charge is -2.36. The summed E-state index contributed by atoms with van der Waals surface area (Å²) in [5, 5.41) is 26.5. The molecule has 3 rings (SSSR count). The summed E-state index contributed by atoms with van der Waals surface area (Å²) < 4.78 is 60.8. The van der Waals surface area contributed by atoms with Gasteiger partial charge in [-0.2, -0.15) is 0 Å². The van der Waals surface area contributed by atoms with E-state index in [-0.39, 0.29) is 41.6 Å². The molecule has 7 atom stereocenters. The fourth-order valence-corrected chi connectivity index (χ4v) is 9.98. The molecule has 2 aromatic heterocycles. The smallest absolute Gasteiger partial charge is 0.274 e. The molecular formula is C41H64N7O17P3S-4. The Labute approximate surface area is 405 Å². The summed E-state index contributed by atoms with van der Waals surface area (Å²) in [6.45, 7) is 2.35. The Morgan fingerprint density at radius 3 is 2.20 bits per heavy atom. The van der Waals surface area contributed by atoms with E-state index in [1.807, 2.05) is 0 Å². The minimum absolute atomic E-state index is 0.0202. The monoisotopic (exact) mass is 1050 g/mol. The highest BCUT2D eigenvalue weighted by molar-refractivity contribution is 8.13. The minimum atomic E-state index is -5.92. The van der Waals surface area contributed by atoms with Crippen molar-refractivity contribution in [2.24, 2.45) is 5.41 Å². The molecule has 1 aliphatic heterocycles. The van der Waals surface area contributed by atoms with Crippen LogP contribution in [-0.4, -0.2) is 103 Å². The van der Waals surface area contributed by atoms with E-state index in [0.717, 1.165) is 80.4 Å². The van der Waals surface area contributed by atoms with Gasteiger partial charge in [0, 0.05) is 37.1 Å². The summed E-state index contributed by atoms with van der Waals surface area (Å²) in [4.78, 5) is 96.9. The highest BCUT2D eigenvalue weighted by atomic mass is 32.2. The van der Waals surface area contributed by atoms with Gasteiger partial charge in [0.2, 0.25) is 11.8 Å². The quantitative estimate of drug-likeness (QED) is 0.0382.